The van der Waals surface area contributed by atoms with Gasteiger partial charge in [0.25, 0.3) is 0 Å². The zero-order chi connectivity index (χ0) is 22.5. The molecule has 0 atom stereocenters. The third-order valence-corrected chi connectivity index (χ3v) is 7.09. The number of thiazole rings is 1. The second-order valence-corrected chi connectivity index (χ2v) is 9.27. The molecular formula is C25H24N2O3S2. The largest absolute Gasteiger partial charge is 0.497 e. The van der Waals surface area contributed by atoms with Crippen LogP contribution in [0.4, 0.5) is 0 Å². The van der Waals surface area contributed by atoms with Crippen LogP contribution >= 0.6 is 22.7 Å². The van der Waals surface area contributed by atoms with Gasteiger partial charge in [0.15, 0.2) is 0 Å². The fourth-order valence-corrected chi connectivity index (χ4v) is 5.26. The topological polar surface area (TPSA) is 51.7 Å². The van der Waals surface area contributed by atoms with E-state index < -0.39 is 0 Å². The van der Waals surface area contributed by atoms with Crippen LogP contribution in [0, 0.1) is 0 Å². The minimum atomic E-state index is 0.0314. The molecule has 0 saturated carbocycles. The van der Waals surface area contributed by atoms with Crippen molar-refractivity contribution in [1.29, 1.82) is 0 Å². The monoisotopic (exact) mass is 464 g/mol. The molecule has 4 aromatic rings. The van der Waals surface area contributed by atoms with E-state index in [-0.39, 0.29) is 5.91 Å². The average molecular weight is 465 g/mol. The lowest BCUT2D eigenvalue weighted by Gasteiger charge is -2.19. The highest BCUT2D eigenvalue weighted by Gasteiger charge is 2.20. The second-order valence-electron chi connectivity index (χ2n) is 7.24. The highest BCUT2D eigenvalue weighted by atomic mass is 32.1. The van der Waals surface area contributed by atoms with Gasteiger partial charge in [-0.15, -0.1) is 22.7 Å². The summed E-state index contributed by atoms with van der Waals surface area (Å²) in [4.78, 5) is 21.8. The molecule has 164 valence electrons. The van der Waals surface area contributed by atoms with Gasteiger partial charge in [0.1, 0.15) is 16.5 Å². The summed E-state index contributed by atoms with van der Waals surface area (Å²) in [5.74, 6) is 1.45. The van der Waals surface area contributed by atoms with Crippen LogP contribution in [0.5, 0.6) is 11.5 Å². The van der Waals surface area contributed by atoms with Gasteiger partial charge in [-0.2, -0.15) is 0 Å². The van der Waals surface area contributed by atoms with Crippen LogP contribution in [0.2, 0.25) is 0 Å². The summed E-state index contributed by atoms with van der Waals surface area (Å²) in [6, 6.07) is 19.8. The number of nitrogens with zero attached hydrogens (tertiary/aromatic N) is 2. The predicted molar refractivity (Wildman–Crippen MR) is 131 cm³/mol. The molecule has 0 spiro atoms. The van der Waals surface area contributed by atoms with Crippen LogP contribution in [-0.4, -0.2) is 37.1 Å². The first kappa shape index (κ1) is 22.0. The Balaban J connectivity index is 1.57. The lowest BCUT2D eigenvalue weighted by molar-refractivity contribution is -0.129. The van der Waals surface area contributed by atoms with Gasteiger partial charge in [-0.05, 0) is 23.6 Å². The van der Waals surface area contributed by atoms with Crippen molar-refractivity contribution < 1.29 is 14.3 Å². The highest BCUT2D eigenvalue weighted by molar-refractivity contribution is 7.17. The minimum Gasteiger partial charge on any atom is -0.497 e. The summed E-state index contributed by atoms with van der Waals surface area (Å²) in [6.45, 7) is 0.449. The quantitative estimate of drug-likeness (QED) is 0.333. The van der Waals surface area contributed by atoms with Gasteiger partial charge in [0.2, 0.25) is 5.91 Å². The van der Waals surface area contributed by atoms with Crippen molar-refractivity contribution in [2.75, 3.05) is 21.3 Å². The molecule has 2 heterocycles. The van der Waals surface area contributed by atoms with Crippen LogP contribution in [0.3, 0.4) is 0 Å². The van der Waals surface area contributed by atoms with Crippen molar-refractivity contribution >= 4 is 28.6 Å². The van der Waals surface area contributed by atoms with Crippen molar-refractivity contribution in [2.45, 2.75) is 13.0 Å². The normalized spacial score (nSPS) is 10.7. The molecule has 2 aromatic heterocycles. The molecule has 1 amide bonds. The van der Waals surface area contributed by atoms with Gasteiger partial charge in [0.05, 0.1) is 31.2 Å². The molecule has 0 N–H and O–H groups in total. The first-order valence-electron chi connectivity index (χ1n) is 10.1. The number of ether oxygens (including phenoxy) is 2. The summed E-state index contributed by atoms with van der Waals surface area (Å²) in [7, 11) is 5.06. The summed E-state index contributed by atoms with van der Waals surface area (Å²) in [5, 5.41) is 2.96. The number of benzene rings is 2. The van der Waals surface area contributed by atoms with Gasteiger partial charge in [-0.25, -0.2) is 4.98 Å². The van der Waals surface area contributed by atoms with Crippen LogP contribution in [0.25, 0.3) is 21.1 Å². The van der Waals surface area contributed by atoms with Gasteiger partial charge in [0, 0.05) is 35.7 Å². The Morgan fingerprint density at radius 2 is 1.84 bits per heavy atom. The van der Waals surface area contributed by atoms with Crippen molar-refractivity contribution in [2.24, 2.45) is 0 Å². The first-order valence-corrected chi connectivity index (χ1v) is 11.8. The lowest BCUT2D eigenvalue weighted by atomic mass is 10.1. The zero-order valence-corrected chi connectivity index (χ0v) is 19.8. The van der Waals surface area contributed by atoms with E-state index in [2.05, 4.69) is 6.07 Å². The number of amides is 1. The number of rotatable bonds is 8. The third kappa shape index (κ3) is 4.84. The molecule has 0 bridgehead atoms. The third-order valence-electron chi connectivity index (χ3n) is 5.11. The number of carbonyl (C=O) groups is 1. The number of thiophene rings is 1. The summed E-state index contributed by atoms with van der Waals surface area (Å²) >= 11 is 3.22. The molecule has 0 aliphatic heterocycles. The molecule has 0 fully saturated rings. The summed E-state index contributed by atoms with van der Waals surface area (Å²) in [5.41, 5.74) is 2.88. The van der Waals surface area contributed by atoms with E-state index in [0.29, 0.717) is 18.7 Å². The van der Waals surface area contributed by atoms with E-state index in [1.54, 1.807) is 41.8 Å². The molecular weight excluding hydrogens is 440 g/mol. The molecule has 0 aliphatic carbocycles. The van der Waals surface area contributed by atoms with Gasteiger partial charge >= 0.3 is 0 Å². The van der Waals surface area contributed by atoms with E-state index in [0.717, 1.165) is 37.3 Å². The van der Waals surface area contributed by atoms with Gasteiger partial charge in [-0.1, -0.05) is 36.4 Å². The maximum Gasteiger partial charge on any atom is 0.227 e. The molecule has 0 radical (unpaired) electrons. The molecule has 4 rings (SSSR count). The molecule has 2 aromatic carbocycles. The Hall–Kier alpha value is -3.16. The SMILES string of the molecule is COc1ccc(CN(C)C(=O)Cc2sc(-c3ccccc3)nc2-c2cccs2)c(OC)c1. The number of hydrogen-bond acceptors (Lipinski definition) is 6. The number of aromatic nitrogens is 1. The Kier molecular flexibility index (Phi) is 6.87. The van der Waals surface area contributed by atoms with Gasteiger partial charge < -0.3 is 14.4 Å². The maximum absolute atomic E-state index is 13.1. The Morgan fingerprint density at radius 3 is 2.53 bits per heavy atom. The second kappa shape index (κ2) is 9.97. The van der Waals surface area contributed by atoms with Crippen LogP contribution in [0.15, 0.2) is 66.0 Å². The number of methoxy groups -OCH3 is 2. The molecule has 0 unspecified atom stereocenters. The number of likely N-dealkylation sites (N-methyl/N-ethyl adjacent to an activating group) is 1. The highest BCUT2D eigenvalue weighted by Crippen LogP contribution is 2.36. The smallest absolute Gasteiger partial charge is 0.227 e. The Labute approximate surface area is 195 Å². The fourth-order valence-electron chi connectivity index (χ4n) is 3.38. The molecule has 5 nitrogen and oxygen atoms in total. The minimum absolute atomic E-state index is 0.0314. The Morgan fingerprint density at radius 1 is 1.03 bits per heavy atom. The van der Waals surface area contributed by atoms with Crippen LogP contribution < -0.4 is 9.47 Å². The predicted octanol–water partition coefficient (Wildman–Crippen LogP) is 5.76. The van der Waals surface area contributed by atoms with Crippen molar-refractivity contribution in [3.8, 4) is 32.6 Å². The number of carbonyl (C=O) groups excluding carboxylic acids is 1. The molecule has 0 aliphatic rings. The molecule has 7 heteroatoms. The van der Waals surface area contributed by atoms with Crippen molar-refractivity contribution in [3.05, 3.63) is 76.5 Å². The Bertz CT molecular complexity index is 1190. The van der Waals surface area contributed by atoms with E-state index in [1.165, 1.54) is 0 Å². The molecule has 32 heavy (non-hydrogen) atoms. The van der Waals surface area contributed by atoms with E-state index in [9.17, 15) is 4.79 Å². The maximum atomic E-state index is 13.1. The van der Waals surface area contributed by atoms with Crippen molar-refractivity contribution in [1.82, 2.24) is 9.88 Å². The molecule has 0 saturated heterocycles. The van der Waals surface area contributed by atoms with E-state index in [4.69, 9.17) is 14.5 Å². The average Bonchev–Trinajstić information content (AvgIpc) is 3.50. The van der Waals surface area contributed by atoms with Crippen LogP contribution in [-0.2, 0) is 17.8 Å². The van der Waals surface area contributed by atoms with Gasteiger partial charge in [-0.3, -0.25) is 4.79 Å². The fraction of sp³-hybridized carbons (Fsp3) is 0.200. The van der Waals surface area contributed by atoms with E-state index >= 15 is 0 Å². The van der Waals surface area contributed by atoms with Crippen molar-refractivity contribution in [3.63, 3.8) is 0 Å². The number of hydrogen-bond donors (Lipinski definition) is 0. The zero-order valence-electron chi connectivity index (χ0n) is 18.2. The first-order chi connectivity index (χ1) is 15.6. The van der Waals surface area contributed by atoms with Crippen LogP contribution in [0.1, 0.15) is 10.4 Å². The summed E-state index contributed by atoms with van der Waals surface area (Å²) < 4.78 is 10.7. The standard InChI is InChI=1S/C25H24N2O3S2/c1-27(16-18-11-12-19(29-2)14-20(18)30-3)23(28)15-22-24(21-10-7-13-31-21)26-25(32-22)17-8-5-4-6-9-17/h4-14H,15-16H2,1-3H3. The lowest BCUT2D eigenvalue weighted by Crippen LogP contribution is -2.27. The van der Waals surface area contributed by atoms with E-state index in [1.807, 2.05) is 67.0 Å². The summed E-state index contributed by atoms with van der Waals surface area (Å²) in [6.07, 6.45) is 0.298.